The van der Waals surface area contributed by atoms with Crippen LogP contribution in [-0.4, -0.2) is 19.6 Å². The Balaban J connectivity index is 1.84. The van der Waals surface area contributed by atoms with Crippen molar-refractivity contribution in [3.63, 3.8) is 0 Å². The summed E-state index contributed by atoms with van der Waals surface area (Å²) in [6.07, 6.45) is 2.56. The SMILES string of the molecule is C[C@H](NCC1CCNCC1)c1ccccc1Cl. The molecule has 0 aromatic heterocycles. The number of halogens is 1. The van der Waals surface area contributed by atoms with Crippen molar-refractivity contribution in [1.82, 2.24) is 10.6 Å². The maximum Gasteiger partial charge on any atom is 0.0453 e. The van der Waals surface area contributed by atoms with Gasteiger partial charge in [-0.3, -0.25) is 0 Å². The molecular weight excluding hydrogens is 232 g/mol. The average molecular weight is 253 g/mol. The predicted molar refractivity (Wildman–Crippen MR) is 73.5 cm³/mol. The summed E-state index contributed by atoms with van der Waals surface area (Å²) in [5.74, 6) is 0.807. The fraction of sp³-hybridized carbons (Fsp3) is 0.571. The molecule has 94 valence electrons. The minimum Gasteiger partial charge on any atom is -0.317 e. The van der Waals surface area contributed by atoms with Gasteiger partial charge >= 0.3 is 0 Å². The lowest BCUT2D eigenvalue weighted by molar-refractivity contribution is 0.345. The first-order valence-electron chi connectivity index (χ1n) is 6.46. The zero-order chi connectivity index (χ0) is 12.1. The van der Waals surface area contributed by atoms with Gasteiger partial charge in [-0.1, -0.05) is 29.8 Å². The molecule has 0 spiro atoms. The van der Waals surface area contributed by atoms with Crippen LogP contribution >= 0.6 is 11.6 Å². The van der Waals surface area contributed by atoms with Crippen LogP contribution in [0.2, 0.25) is 5.02 Å². The van der Waals surface area contributed by atoms with E-state index in [1.165, 1.54) is 18.4 Å². The molecule has 0 amide bonds. The summed E-state index contributed by atoms with van der Waals surface area (Å²) >= 11 is 6.19. The number of benzene rings is 1. The molecule has 0 unspecified atom stereocenters. The van der Waals surface area contributed by atoms with E-state index in [1.807, 2.05) is 18.2 Å². The molecule has 1 aromatic rings. The van der Waals surface area contributed by atoms with Crippen molar-refractivity contribution >= 4 is 11.6 Å². The highest BCUT2D eigenvalue weighted by Crippen LogP contribution is 2.22. The first-order chi connectivity index (χ1) is 8.27. The highest BCUT2D eigenvalue weighted by Gasteiger charge is 2.15. The highest BCUT2D eigenvalue weighted by atomic mass is 35.5. The minimum atomic E-state index is 0.332. The van der Waals surface area contributed by atoms with Crippen molar-refractivity contribution in [2.45, 2.75) is 25.8 Å². The van der Waals surface area contributed by atoms with E-state index in [-0.39, 0.29) is 0 Å². The summed E-state index contributed by atoms with van der Waals surface area (Å²) in [5.41, 5.74) is 1.20. The molecule has 2 N–H and O–H groups in total. The summed E-state index contributed by atoms with van der Waals surface area (Å²) in [7, 11) is 0. The van der Waals surface area contributed by atoms with Gasteiger partial charge in [0.05, 0.1) is 0 Å². The van der Waals surface area contributed by atoms with Crippen molar-refractivity contribution < 1.29 is 0 Å². The van der Waals surface area contributed by atoms with E-state index in [2.05, 4.69) is 23.6 Å². The largest absolute Gasteiger partial charge is 0.317 e. The maximum absolute atomic E-state index is 6.19. The second-order valence-electron chi connectivity index (χ2n) is 4.84. The van der Waals surface area contributed by atoms with Gasteiger partial charge in [0, 0.05) is 11.1 Å². The molecule has 1 aliphatic heterocycles. The number of rotatable bonds is 4. The quantitative estimate of drug-likeness (QED) is 0.861. The van der Waals surface area contributed by atoms with Gasteiger partial charge in [-0.05, 0) is 56.9 Å². The van der Waals surface area contributed by atoms with E-state index in [0.717, 1.165) is 30.6 Å². The monoisotopic (exact) mass is 252 g/mol. The third-order valence-electron chi connectivity index (χ3n) is 3.54. The molecule has 0 radical (unpaired) electrons. The smallest absolute Gasteiger partial charge is 0.0453 e. The molecule has 1 heterocycles. The first-order valence-corrected chi connectivity index (χ1v) is 6.83. The van der Waals surface area contributed by atoms with Crippen molar-refractivity contribution in [3.8, 4) is 0 Å². The molecule has 1 saturated heterocycles. The zero-order valence-electron chi connectivity index (χ0n) is 10.4. The van der Waals surface area contributed by atoms with Gasteiger partial charge in [0.1, 0.15) is 0 Å². The van der Waals surface area contributed by atoms with E-state index in [0.29, 0.717) is 6.04 Å². The van der Waals surface area contributed by atoms with Crippen LogP contribution in [0.5, 0.6) is 0 Å². The second kappa shape index (κ2) is 6.39. The molecule has 1 fully saturated rings. The fourth-order valence-electron chi connectivity index (χ4n) is 2.37. The lowest BCUT2D eigenvalue weighted by Crippen LogP contribution is -2.34. The number of piperidine rings is 1. The third-order valence-corrected chi connectivity index (χ3v) is 3.89. The normalized spacial score (nSPS) is 19.2. The summed E-state index contributed by atoms with van der Waals surface area (Å²) in [4.78, 5) is 0. The summed E-state index contributed by atoms with van der Waals surface area (Å²) in [5, 5.41) is 7.85. The Morgan fingerprint density at radius 1 is 1.35 bits per heavy atom. The molecule has 2 rings (SSSR count). The van der Waals surface area contributed by atoms with Crippen molar-refractivity contribution in [1.29, 1.82) is 0 Å². The molecule has 3 heteroatoms. The molecule has 0 aliphatic carbocycles. The molecule has 17 heavy (non-hydrogen) atoms. The summed E-state index contributed by atoms with van der Waals surface area (Å²) in [6.45, 7) is 5.59. The first kappa shape index (κ1) is 12.9. The van der Waals surface area contributed by atoms with Gasteiger partial charge in [0.25, 0.3) is 0 Å². The molecule has 0 saturated carbocycles. The van der Waals surface area contributed by atoms with Crippen LogP contribution in [0.1, 0.15) is 31.4 Å². The van der Waals surface area contributed by atoms with Gasteiger partial charge < -0.3 is 10.6 Å². The molecule has 2 nitrogen and oxygen atoms in total. The van der Waals surface area contributed by atoms with E-state index < -0.39 is 0 Å². The molecule has 1 atom stereocenters. The predicted octanol–water partition coefficient (Wildman–Crippen LogP) is 2.99. The van der Waals surface area contributed by atoms with Crippen LogP contribution < -0.4 is 10.6 Å². The minimum absolute atomic E-state index is 0.332. The van der Waals surface area contributed by atoms with E-state index >= 15 is 0 Å². The third kappa shape index (κ3) is 3.70. The molecular formula is C14H21ClN2. The van der Waals surface area contributed by atoms with Crippen LogP contribution in [0.25, 0.3) is 0 Å². The van der Waals surface area contributed by atoms with Gasteiger partial charge in [0.15, 0.2) is 0 Å². The maximum atomic E-state index is 6.19. The number of hydrogen-bond acceptors (Lipinski definition) is 2. The second-order valence-corrected chi connectivity index (χ2v) is 5.25. The van der Waals surface area contributed by atoms with Gasteiger partial charge in [0.2, 0.25) is 0 Å². The number of nitrogens with one attached hydrogen (secondary N) is 2. The Labute approximate surface area is 109 Å². The lowest BCUT2D eigenvalue weighted by Gasteiger charge is -2.25. The van der Waals surface area contributed by atoms with Crippen molar-refractivity contribution in [2.75, 3.05) is 19.6 Å². The molecule has 1 aliphatic rings. The van der Waals surface area contributed by atoms with E-state index in [1.54, 1.807) is 0 Å². The van der Waals surface area contributed by atoms with Gasteiger partial charge in [-0.15, -0.1) is 0 Å². The fourth-order valence-corrected chi connectivity index (χ4v) is 2.66. The Hall–Kier alpha value is -0.570. The van der Waals surface area contributed by atoms with Crippen LogP contribution in [0, 0.1) is 5.92 Å². The topological polar surface area (TPSA) is 24.1 Å². The Kier molecular flexibility index (Phi) is 4.84. The molecule has 1 aromatic carbocycles. The van der Waals surface area contributed by atoms with Crippen LogP contribution in [-0.2, 0) is 0 Å². The van der Waals surface area contributed by atoms with E-state index in [4.69, 9.17) is 11.6 Å². The summed E-state index contributed by atoms with van der Waals surface area (Å²) in [6, 6.07) is 8.41. The van der Waals surface area contributed by atoms with Crippen LogP contribution in [0.15, 0.2) is 24.3 Å². The molecule has 0 bridgehead atoms. The Bertz CT molecular complexity index is 348. The standard InChI is InChI=1S/C14H21ClN2/c1-11(13-4-2-3-5-14(13)15)17-10-12-6-8-16-9-7-12/h2-5,11-12,16-17H,6-10H2,1H3/t11-/m0/s1. The Morgan fingerprint density at radius 2 is 2.06 bits per heavy atom. The number of hydrogen-bond donors (Lipinski definition) is 2. The van der Waals surface area contributed by atoms with Crippen LogP contribution in [0.3, 0.4) is 0 Å². The average Bonchev–Trinajstić information content (AvgIpc) is 2.38. The van der Waals surface area contributed by atoms with Crippen LogP contribution in [0.4, 0.5) is 0 Å². The van der Waals surface area contributed by atoms with E-state index in [9.17, 15) is 0 Å². The highest BCUT2D eigenvalue weighted by molar-refractivity contribution is 6.31. The summed E-state index contributed by atoms with van der Waals surface area (Å²) < 4.78 is 0. The van der Waals surface area contributed by atoms with Gasteiger partial charge in [-0.25, -0.2) is 0 Å². The Morgan fingerprint density at radius 3 is 2.76 bits per heavy atom. The zero-order valence-corrected chi connectivity index (χ0v) is 11.1. The van der Waals surface area contributed by atoms with Gasteiger partial charge in [-0.2, -0.15) is 0 Å². The lowest BCUT2D eigenvalue weighted by atomic mass is 9.97. The van der Waals surface area contributed by atoms with Crippen molar-refractivity contribution in [3.05, 3.63) is 34.9 Å². The van der Waals surface area contributed by atoms with Crippen molar-refractivity contribution in [2.24, 2.45) is 5.92 Å².